The van der Waals surface area contributed by atoms with Gasteiger partial charge in [0.1, 0.15) is 17.2 Å². The molecule has 9 heteroatoms. The highest BCUT2D eigenvalue weighted by Gasteiger charge is 2.28. The van der Waals surface area contributed by atoms with Crippen molar-refractivity contribution >= 4 is 24.5 Å². The van der Waals surface area contributed by atoms with E-state index < -0.39 is 12.5 Å². The Balaban J connectivity index is 0.00000520. The number of benzene rings is 3. The van der Waals surface area contributed by atoms with Crippen molar-refractivity contribution in [2.24, 2.45) is 17.8 Å². The number of Topliss-reactive ketones (excluding diaryl/α,β-unsaturated/α-hetero) is 1. The number of halogens is 2. The Morgan fingerprint density at radius 1 is 0.957 bits per heavy atom. The first-order chi connectivity index (χ1) is 22.7. The molecule has 0 atom stereocenters. The summed E-state index contributed by atoms with van der Waals surface area (Å²) in [5.74, 6) is 1.76. The van der Waals surface area contributed by atoms with E-state index in [2.05, 4.69) is 11.9 Å². The Morgan fingerprint density at radius 3 is 2.23 bits per heavy atom. The van der Waals surface area contributed by atoms with E-state index in [4.69, 9.17) is 14.2 Å². The van der Waals surface area contributed by atoms with Crippen molar-refractivity contribution in [3.8, 4) is 17.2 Å². The first kappa shape index (κ1) is 34.1. The summed E-state index contributed by atoms with van der Waals surface area (Å²) < 4.78 is 43.4. The second-order valence-corrected chi connectivity index (χ2v) is 12.8. The number of amides is 1. The van der Waals surface area contributed by atoms with E-state index in [1.807, 2.05) is 67.4 Å². The molecule has 3 aromatic carbocycles. The Hall–Kier alpha value is -4.24. The zero-order valence-electron chi connectivity index (χ0n) is 27.2. The maximum atomic E-state index is 13.5. The van der Waals surface area contributed by atoms with Crippen LogP contribution in [0.25, 0.3) is 12.8 Å². The quantitative estimate of drug-likeness (QED) is 0.149. The molecule has 252 valence electrons. The van der Waals surface area contributed by atoms with E-state index in [0.29, 0.717) is 53.3 Å². The molecule has 3 aromatic rings. The zero-order chi connectivity index (χ0) is 33.3. The number of aryl methyl sites for hydroxylation is 1. The fourth-order valence-electron chi connectivity index (χ4n) is 6.00. The normalized spacial score (nSPS) is 18.2. The highest BCUT2D eigenvalue weighted by molar-refractivity contribution is 5.98. The average molecular weight is 649 g/mol. The third-order valence-electron chi connectivity index (χ3n) is 8.83. The summed E-state index contributed by atoms with van der Waals surface area (Å²) in [7, 11) is 1.87. The second-order valence-electron chi connectivity index (χ2n) is 12.8. The fourth-order valence-corrected chi connectivity index (χ4v) is 6.00. The van der Waals surface area contributed by atoms with Gasteiger partial charge in [0.05, 0.1) is 12.2 Å². The molecular formula is C38H46F2N2O5. The van der Waals surface area contributed by atoms with Crippen LogP contribution in [0.15, 0.2) is 60.7 Å². The number of rotatable bonds is 15. The maximum Gasteiger partial charge on any atom is 0.387 e. The molecule has 0 radical (unpaired) electrons. The smallest absolute Gasteiger partial charge is 0.387 e. The molecule has 1 N–H and O–H groups in total. The van der Waals surface area contributed by atoms with Crippen LogP contribution in [-0.4, -0.2) is 56.6 Å². The number of ketones is 1. The second kappa shape index (κ2) is 16.0. The molecule has 1 amide bonds. The number of ether oxygens (including phenoxy) is 3. The Kier molecular flexibility index (Phi) is 11.6. The molecule has 7 nitrogen and oxygen atoms in total. The SMILES string of the molecule is C=c1ccc(C(=O)NCCOCC2CC2)c(OC(F)F)/c1=C/N(C)CC1CCC(C(=O)c2ccc(Oc3ccc(C)cc3)cc2)CC1.[HH]. The van der Waals surface area contributed by atoms with E-state index in [1.54, 1.807) is 12.3 Å². The molecule has 0 aliphatic heterocycles. The topological polar surface area (TPSA) is 77.1 Å². The molecule has 0 aromatic heterocycles. The van der Waals surface area contributed by atoms with Crippen LogP contribution in [0.5, 0.6) is 17.2 Å². The van der Waals surface area contributed by atoms with Gasteiger partial charge in [0.15, 0.2) is 5.78 Å². The highest BCUT2D eigenvalue weighted by Crippen LogP contribution is 2.32. The van der Waals surface area contributed by atoms with Crippen LogP contribution in [0.3, 0.4) is 0 Å². The summed E-state index contributed by atoms with van der Waals surface area (Å²) >= 11 is 0. The van der Waals surface area contributed by atoms with Gasteiger partial charge in [0.25, 0.3) is 5.91 Å². The number of alkyl halides is 2. The molecule has 0 unspecified atom stereocenters. The van der Waals surface area contributed by atoms with Crippen molar-refractivity contribution in [2.45, 2.75) is 52.1 Å². The number of carbonyl (C=O) groups excluding carboxylic acids is 2. The van der Waals surface area contributed by atoms with E-state index in [-0.39, 0.29) is 31.0 Å². The number of nitrogens with one attached hydrogen (secondary N) is 1. The molecule has 0 heterocycles. The van der Waals surface area contributed by atoms with Crippen LogP contribution in [-0.2, 0) is 4.74 Å². The molecular weight excluding hydrogens is 602 g/mol. The van der Waals surface area contributed by atoms with Gasteiger partial charge < -0.3 is 24.4 Å². The largest absolute Gasteiger partial charge is 0.457 e. The lowest BCUT2D eigenvalue weighted by Crippen LogP contribution is -2.35. The molecule has 0 saturated heterocycles. The van der Waals surface area contributed by atoms with Crippen molar-refractivity contribution in [3.63, 3.8) is 0 Å². The van der Waals surface area contributed by atoms with Crippen molar-refractivity contribution in [3.05, 3.63) is 87.8 Å². The third kappa shape index (κ3) is 9.88. The lowest BCUT2D eigenvalue weighted by atomic mass is 9.78. The lowest BCUT2D eigenvalue weighted by molar-refractivity contribution is -0.0509. The van der Waals surface area contributed by atoms with Crippen LogP contribution in [0.4, 0.5) is 8.78 Å². The summed E-state index contributed by atoms with van der Waals surface area (Å²) in [5, 5.41) is 3.55. The zero-order valence-corrected chi connectivity index (χ0v) is 27.2. The molecule has 2 fully saturated rings. The van der Waals surface area contributed by atoms with Gasteiger partial charge in [-0.2, -0.15) is 8.78 Å². The first-order valence-corrected chi connectivity index (χ1v) is 16.4. The molecule has 0 bridgehead atoms. The van der Waals surface area contributed by atoms with Crippen molar-refractivity contribution in [2.75, 3.05) is 33.4 Å². The minimum atomic E-state index is -3.10. The van der Waals surface area contributed by atoms with Gasteiger partial charge in [-0.3, -0.25) is 9.59 Å². The van der Waals surface area contributed by atoms with E-state index >= 15 is 0 Å². The lowest BCUT2D eigenvalue weighted by Gasteiger charge is -2.30. The highest BCUT2D eigenvalue weighted by atomic mass is 19.3. The van der Waals surface area contributed by atoms with Gasteiger partial charge in [-0.1, -0.05) is 30.3 Å². The average Bonchev–Trinajstić information content (AvgIpc) is 3.88. The van der Waals surface area contributed by atoms with E-state index in [0.717, 1.165) is 37.0 Å². The maximum absolute atomic E-state index is 13.5. The summed E-state index contributed by atoms with van der Waals surface area (Å²) in [5.41, 5.74) is 1.86. The van der Waals surface area contributed by atoms with Crippen LogP contribution >= 0.6 is 0 Å². The predicted molar refractivity (Wildman–Crippen MR) is 180 cm³/mol. The summed E-state index contributed by atoms with van der Waals surface area (Å²) in [6.07, 6.45) is 7.35. The van der Waals surface area contributed by atoms with Gasteiger partial charge in [-0.05, 0) is 105 Å². The van der Waals surface area contributed by atoms with E-state index in [1.165, 1.54) is 18.9 Å². The Labute approximate surface area is 276 Å². The molecule has 47 heavy (non-hydrogen) atoms. The van der Waals surface area contributed by atoms with Crippen LogP contribution in [0.2, 0.25) is 0 Å². The number of hydrogen-bond acceptors (Lipinski definition) is 6. The van der Waals surface area contributed by atoms with Gasteiger partial charge in [0, 0.05) is 51.1 Å². The minimum Gasteiger partial charge on any atom is -0.457 e. The summed E-state index contributed by atoms with van der Waals surface area (Å²) in [6, 6.07) is 18.2. The monoisotopic (exact) mass is 648 g/mol. The third-order valence-corrected chi connectivity index (χ3v) is 8.83. The molecule has 2 aliphatic carbocycles. The minimum absolute atomic E-state index is 0. The summed E-state index contributed by atoms with van der Waals surface area (Å²) in [4.78, 5) is 28.1. The molecule has 2 saturated carbocycles. The van der Waals surface area contributed by atoms with Crippen LogP contribution in [0, 0.1) is 24.7 Å². The Morgan fingerprint density at radius 2 is 1.60 bits per heavy atom. The van der Waals surface area contributed by atoms with Crippen LogP contribution in [0.1, 0.15) is 66.2 Å². The van der Waals surface area contributed by atoms with Crippen molar-refractivity contribution in [1.82, 2.24) is 10.2 Å². The van der Waals surface area contributed by atoms with Gasteiger partial charge in [0.2, 0.25) is 0 Å². The molecule has 2 aliphatic rings. The number of carbonyl (C=O) groups is 2. The van der Waals surface area contributed by atoms with Gasteiger partial charge >= 0.3 is 6.61 Å². The predicted octanol–water partition coefficient (Wildman–Crippen LogP) is 6.56. The fraction of sp³-hybridized carbons (Fsp3) is 0.421. The summed E-state index contributed by atoms with van der Waals surface area (Å²) in [6.45, 7) is 4.88. The Bertz CT molecular complexity index is 1620. The molecule has 0 spiro atoms. The van der Waals surface area contributed by atoms with Crippen molar-refractivity contribution < 1.29 is 34.0 Å². The van der Waals surface area contributed by atoms with Gasteiger partial charge in [-0.25, -0.2) is 0 Å². The van der Waals surface area contributed by atoms with Crippen molar-refractivity contribution in [1.29, 1.82) is 0 Å². The first-order valence-electron chi connectivity index (χ1n) is 16.4. The number of nitrogens with zero attached hydrogens (tertiary/aromatic N) is 1. The van der Waals surface area contributed by atoms with Crippen LogP contribution < -0.4 is 25.2 Å². The number of hydrogen-bond donors (Lipinski definition) is 1. The van der Waals surface area contributed by atoms with E-state index in [9.17, 15) is 18.4 Å². The standard InChI is InChI=1S/C38H44F2N2O5.H2/c1-25-4-15-31(16-5-25)46-32-17-13-30(14-18-32)35(43)29-11-9-27(10-12-29)22-42(3)23-34-26(2)6-19-33(36(34)47-38(39)40)37(44)41-20-21-45-24-28-7-8-28;/h4-6,13-19,23,27-29,38H,2,7-12,20-22,24H2,1,3H3,(H,41,44);1H/b34-23+;. The van der Waals surface area contributed by atoms with Gasteiger partial charge in [-0.15, -0.1) is 0 Å². The molecule has 5 rings (SSSR count).